The Kier molecular flexibility index (Phi) is 4.94. The van der Waals surface area contributed by atoms with Gasteiger partial charge in [0.25, 0.3) is 5.56 Å². The first-order chi connectivity index (χ1) is 13.6. The SMILES string of the molecule is O=C(OCc1ccoc1)c1cc2c(=O)n(CCc3ccccc3)c(=O)[nH]c2s1. The lowest BCUT2D eigenvalue weighted by Crippen LogP contribution is -2.35. The number of hydrogen-bond acceptors (Lipinski definition) is 6. The van der Waals surface area contributed by atoms with Gasteiger partial charge in [-0.1, -0.05) is 30.3 Å². The topological polar surface area (TPSA) is 94.3 Å². The van der Waals surface area contributed by atoms with Crippen molar-refractivity contribution in [3.05, 3.63) is 91.8 Å². The molecule has 0 radical (unpaired) electrons. The number of aromatic nitrogens is 2. The number of thiophene rings is 1. The number of carbonyl (C=O) groups excluding carboxylic acids is 1. The molecular weight excluding hydrogens is 380 g/mol. The van der Waals surface area contributed by atoms with Crippen molar-refractivity contribution in [3.63, 3.8) is 0 Å². The second-order valence-corrected chi connectivity index (χ2v) is 7.24. The Morgan fingerprint density at radius 2 is 1.96 bits per heavy atom. The maximum absolute atomic E-state index is 12.7. The lowest BCUT2D eigenvalue weighted by atomic mass is 10.1. The number of nitrogens with zero attached hydrogens (tertiary/aromatic N) is 1. The van der Waals surface area contributed by atoms with E-state index in [1.165, 1.54) is 18.6 Å². The molecule has 0 atom stereocenters. The summed E-state index contributed by atoms with van der Waals surface area (Å²) >= 11 is 1.03. The minimum Gasteiger partial charge on any atom is -0.472 e. The van der Waals surface area contributed by atoms with E-state index in [0.29, 0.717) is 16.6 Å². The van der Waals surface area contributed by atoms with Crippen molar-refractivity contribution in [1.82, 2.24) is 9.55 Å². The van der Waals surface area contributed by atoms with Gasteiger partial charge in [0.2, 0.25) is 0 Å². The maximum atomic E-state index is 12.7. The second-order valence-electron chi connectivity index (χ2n) is 6.18. The normalized spacial score (nSPS) is 11.0. The lowest BCUT2D eigenvalue weighted by molar-refractivity contribution is 0.0478. The van der Waals surface area contributed by atoms with Crippen molar-refractivity contribution in [2.45, 2.75) is 19.6 Å². The van der Waals surface area contributed by atoms with Crippen molar-refractivity contribution < 1.29 is 13.9 Å². The summed E-state index contributed by atoms with van der Waals surface area (Å²) in [5, 5.41) is 0.299. The van der Waals surface area contributed by atoms with Gasteiger partial charge < -0.3 is 9.15 Å². The number of aromatic amines is 1. The molecule has 0 saturated carbocycles. The molecule has 0 bridgehead atoms. The molecule has 8 heteroatoms. The Labute approximate surface area is 162 Å². The number of carbonyl (C=O) groups is 1. The highest BCUT2D eigenvalue weighted by Crippen LogP contribution is 2.21. The van der Waals surface area contributed by atoms with Gasteiger partial charge in [-0.15, -0.1) is 11.3 Å². The highest BCUT2D eigenvalue weighted by atomic mass is 32.1. The minimum absolute atomic E-state index is 0.0708. The van der Waals surface area contributed by atoms with E-state index in [-0.39, 0.29) is 18.0 Å². The molecule has 0 spiro atoms. The lowest BCUT2D eigenvalue weighted by Gasteiger charge is -2.04. The van der Waals surface area contributed by atoms with E-state index in [4.69, 9.17) is 9.15 Å². The molecule has 28 heavy (non-hydrogen) atoms. The molecule has 0 saturated heterocycles. The molecule has 0 unspecified atom stereocenters. The number of aryl methyl sites for hydroxylation is 1. The zero-order valence-corrected chi connectivity index (χ0v) is 15.5. The summed E-state index contributed by atoms with van der Waals surface area (Å²) in [6, 6.07) is 12.8. The van der Waals surface area contributed by atoms with E-state index in [1.807, 2.05) is 30.3 Å². The third kappa shape index (κ3) is 3.67. The largest absolute Gasteiger partial charge is 0.472 e. The van der Waals surface area contributed by atoms with Gasteiger partial charge in [-0.25, -0.2) is 9.59 Å². The highest BCUT2D eigenvalue weighted by molar-refractivity contribution is 7.20. The third-order valence-corrected chi connectivity index (χ3v) is 5.32. The Balaban J connectivity index is 1.57. The number of nitrogens with one attached hydrogen (secondary N) is 1. The quantitative estimate of drug-likeness (QED) is 0.506. The Bertz CT molecular complexity index is 1220. The van der Waals surface area contributed by atoms with Gasteiger partial charge in [-0.05, 0) is 24.1 Å². The molecule has 0 aliphatic heterocycles. The van der Waals surface area contributed by atoms with Crippen LogP contribution < -0.4 is 11.2 Å². The van der Waals surface area contributed by atoms with Crippen LogP contribution in [0.5, 0.6) is 0 Å². The monoisotopic (exact) mass is 396 g/mol. The van der Waals surface area contributed by atoms with E-state index in [9.17, 15) is 14.4 Å². The predicted molar refractivity (Wildman–Crippen MR) is 105 cm³/mol. The van der Waals surface area contributed by atoms with E-state index in [2.05, 4.69) is 4.98 Å². The molecule has 0 fully saturated rings. The van der Waals surface area contributed by atoms with Crippen molar-refractivity contribution >= 4 is 27.5 Å². The van der Waals surface area contributed by atoms with E-state index >= 15 is 0 Å². The zero-order chi connectivity index (χ0) is 19.5. The van der Waals surface area contributed by atoms with E-state index < -0.39 is 17.2 Å². The van der Waals surface area contributed by atoms with Gasteiger partial charge in [-0.3, -0.25) is 14.3 Å². The number of ether oxygens (including phenoxy) is 1. The van der Waals surface area contributed by atoms with Crippen molar-refractivity contribution in [1.29, 1.82) is 0 Å². The van der Waals surface area contributed by atoms with Crippen LogP contribution in [0.25, 0.3) is 10.2 Å². The fourth-order valence-corrected chi connectivity index (χ4v) is 3.76. The number of esters is 1. The van der Waals surface area contributed by atoms with Crippen LogP contribution in [0.1, 0.15) is 20.8 Å². The molecule has 0 amide bonds. The molecule has 3 aromatic heterocycles. The predicted octanol–water partition coefficient (Wildman–Crippen LogP) is 2.94. The van der Waals surface area contributed by atoms with Crippen LogP contribution >= 0.6 is 11.3 Å². The van der Waals surface area contributed by atoms with Crippen LogP contribution in [0.15, 0.2) is 69.0 Å². The van der Waals surface area contributed by atoms with E-state index in [0.717, 1.165) is 27.0 Å². The van der Waals surface area contributed by atoms with Crippen molar-refractivity contribution in [2.75, 3.05) is 0 Å². The molecule has 4 aromatic rings. The highest BCUT2D eigenvalue weighted by Gasteiger charge is 2.17. The first-order valence-electron chi connectivity index (χ1n) is 8.60. The number of furan rings is 1. The minimum atomic E-state index is -0.557. The summed E-state index contributed by atoms with van der Waals surface area (Å²) < 4.78 is 11.3. The molecule has 1 N–H and O–H groups in total. The summed E-state index contributed by atoms with van der Waals surface area (Å²) in [5.74, 6) is -0.557. The van der Waals surface area contributed by atoms with Gasteiger partial charge in [0.15, 0.2) is 0 Å². The second kappa shape index (κ2) is 7.69. The first-order valence-corrected chi connectivity index (χ1v) is 9.42. The number of hydrogen-bond donors (Lipinski definition) is 1. The number of H-pyrrole nitrogens is 1. The molecule has 142 valence electrons. The molecule has 0 aliphatic carbocycles. The summed E-state index contributed by atoms with van der Waals surface area (Å²) in [6.45, 7) is 0.325. The van der Waals surface area contributed by atoms with Crippen LogP contribution in [0.3, 0.4) is 0 Å². The van der Waals surface area contributed by atoms with Crippen LogP contribution in [0.2, 0.25) is 0 Å². The number of benzene rings is 1. The van der Waals surface area contributed by atoms with Crippen molar-refractivity contribution in [3.8, 4) is 0 Å². The van der Waals surface area contributed by atoms with Gasteiger partial charge in [-0.2, -0.15) is 0 Å². The summed E-state index contributed by atoms with van der Waals surface area (Å²) in [7, 11) is 0. The molecule has 3 heterocycles. The fraction of sp³-hybridized carbons (Fsp3) is 0.150. The summed E-state index contributed by atoms with van der Waals surface area (Å²) in [4.78, 5) is 40.6. The Morgan fingerprint density at radius 3 is 2.71 bits per heavy atom. The smallest absolute Gasteiger partial charge is 0.348 e. The Morgan fingerprint density at radius 1 is 1.14 bits per heavy atom. The number of fused-ring (bicyclic) bond motifs is 1. The maximum Gasteiger partial charge on any atom is 0.348 e. The average molecular weight is 396 g/mol. The molecule has 7 nitrogen and oxygen atoms in total. The van der Waals surface area contributed by atoms with Gasteiger partial charge in [0.1, 0.15) is 16.3 Å². The third-order valence-electron chi connectivity index (χ3n) is 4.29. The molecule has 1 aromatic carbocycles. The molecule has 4 rings (SSSR count). The molecule has 0 aliphatic rings. The first kappa shape index (κ1) is 18.0. The molecular formula is C20H16N2O5S. The van der Waals surface area contributed by atoms with Crippen LogP contribution in [0, 0.1) is 0 Å². The van der Waals surface area contributed by atoms with Crippen LogP contribution in [-0.4, -0.2) is 15.5 Å². The summed E-state index contributed by atoms with van der Waals surface area (Å²) in [5.41, 5.74) is 0.849. The standard InChI is InChI=1S/C20H16N2O5S/c23-18-15-10-16(19(24)27-12-14-7-9-26-11-14)28-17(15)21-20(25)22(18)8-6-13-4-2-1-3-5-13/h1-5,7,9-11H,6,8,12H2,(H,21,25). The van der Waals surface area contributed by atoms with Crippen LogP contribution in [-0.2, 0) is 24.3 Å². The fourth-order valence-electron chi connectivity index (χ4n) is 2.83. The zero-order valence-electron chi connectivity index (χ0n) is 14.7. The average Bonchev–Trinajstić information content (AvgIpc) is 3.36. The van der Waals surface area contributed by atoms with Gasteiger partial charge in [0.05, 0.1) is 17.9 Å². The van der Waals surface area contributed by atoms with Crippen LogP contribution in [0.4, 0.5) is 0 Å². The Hall–Kier alpha value is -3.39. The van der Waals surface area contributed by atoms with Gasteiger partial charge >= 0.3 is 11.7 Å². The number of rotatable bonds is 6. The summed E-state index contributed by atoms with van der Waals surface area (Å²) in [6.07, 6.45) is 3.53. The van der Waals surface area contributed by atoms with E-state index in [1.54, 1.807) is 6.07 Å². The van der Waals surface area contributed by atoms with Crippen molar-refractivity contribution in [2.24, 2.45) is 0 Å². The van der Waals surface area contributed by atoms with Gasteiger partial charge in [0, 0.05) is 12.1 Å².